The van der Waals surface area contributed by atoms with E-state index in [0.717, 1.165) is 5.06 Å². The first-order valence-electron chi connectivity index (χ1n) is 1.97. The molecule has 0 atom stereocenters. The van der Waals surface area contributed by atoms with Crippen LogP contribution in [0.25, 0.3) is 0 Å². The molecule has 44 valence electrons. The molecule has 0 saturated carbocycles. The third kappa shape index (κ3) is 0.733. The monoisotopic (exact) mass is 115 g/mol. The van der Waals surface area contributed by atoms with E-state index in [1.165, 1.54) is 7.05 Å². The van der Waals surface area contributed by atoms with Crippen molar-refractivity contribution in [1.82, 2.24) is 20.6 Å². The number of nitrogens with one attached hydrogen (secondary N) is 1. The lowest BCUT2D eigenvalue weighted by Crippen LogP contribution is -2.11. The molecule has 0 aliphatic carbocycles. The molecule has 0 amide bonds. The quantitative estimate of drug-likeness (QED) is 0.460. The summed E-state index contributed by atoms with van der Waals surface area (Å²) in [7, 11) is 1.42. The molecule has 1 aromatic rings. The average Bonchev–Trinajstić information content (AvgIpc) is 2.12. The van der Waals surface area contributed by atoms with Gasteiger partial charge in [0.1, 0.15) is 0 Å². The highest BCUT2D eigenvalue weighted by Gasteiger charge is 1.96. The van der Waals surface area contributed by atoms with Gasteiger partial charge in [0.2, 0.25) is 0 Å². The standard InChI is InChI=1S/C2H5N5O/c1-7(8)2-3-5-6-4-2/h8H,1H3,(H,3,4,5,6). The smallest absolute Gasteiger partial charge is 0.266 e. The van der Waals surface area contributed by atoms with Crippen LogP contribution in [0.4, 0.5) is 5.95 Å². The minimum atomic E-state index is 0.227. The molecule has 0 aliphatic rings. The van der Waals surface area contributed by atoms with Crippen LogP contribution >= 0.6 is 0 Å². The zero-order chi connectivity index (χ0) is 5.98. The van der Waals surface area contributed by atoms with Crippen molar-refractivity contribution in [2.75, 3.05) is 12.1 Å². The molecule has 0 radical (unpaired) electrons. The zero-order valence-corrected chi connectivity index (χ0v) is 4.24. The fraction of sp³-hybridized carbons (Fsp3) is 0.500. The van der Waals surface area contributed by atoms with Crippen molar-refractivity contribution >= 4 is 5.95 Å². The number of aromatic nitrogens is 4. The van der Waals surface area contributed by atoms with Gasteiger partial charge < -0.3 is 0 Å². The number of aromatic amines is 1. The fourth-order valence-corrected chi connectivity index (χ4v) is 0.291. The van der Waals surface area contributed by atoms with E-state index in [2.05, 4.69) is 20.6 Å². The third-order valence-electron chi connectivity index (χ3n) is 0.641. The Morgan fingerprint density at radius 3 is 2.75 bits per heavy atom. The van der Waals surface area contributed by atoms with Crippen molar-refractivity contribution in [3.63, 3.8) is 0 Å². The van der Waals surface area contributed by atoms with E-state index in [-0.39, 0.29) is 5.95 Å². The summed E-state index contributed by atoms with van der Waals surface area (Å²) in [6, 6.07) is 0. The van der Waals surface area contributed by atoms with Crippen molar-refractivity contribution in [3.05, 3.63) is 0 Å². The molecule has 1 heterocycles. The summed E-state index contributed by atoms with van der Waals surface area (Å²) < 4.78 is 0. The van der Waals surface area contributed by atoms with Gasteiger partial charge in [0, 0.05) is 7.05 Å². The number of rotatable bonds is 1. The van der Waals surface area contributed by atoms with Gasteiger partial charge in [-0.25, -0.2) is 10.2 Å². The maximum Gasteiger partial charge on any atom is 0.266 e. The number of hydrogen-bond donors (Lipinski definition) is 2. The lowest BCUT2D eigenvalue weighted by atomic mass is 11.0. The fourth-order valence-electron chi connectivity index (χ4n) is 0.291. The van der Waals surface area contributed by atoms with E-state index in [4.69, 9.17) is 5.21 Å². The molecule has 0 fully saturated rings. The van der Waals surface area contributed by atoms with Crippen LogP contribution in [-0.4, -0.2) is 32.9 Å². The van der Waals surface area contributed by atoms with E-state index in [1.54, 1.807) is 0 Å². The molecule has 0 aromatic carbocycles. The molecule has 0 unspecified atom stereocenters. The van der Waals surface area contributed by atoms with Crippen LogP contribution < -0.4 is 5.06 Å². The SMILES string of the molecule is CN(O)c1nnn[nH]1. The second-order valence-electron chi connectivity index (χ2n) is 1.25. The third-order valence-corrected chi connectivity index (χ3v) is 0.641. The summed E-state index contributed by atoms with van der Waals surface area (Å²) in [4.78, 5) is 0. The number of H-pyrrole nitrogens is 1. The van der Waals surface area contributed by atoms with Gasteiger partial charge in [0.25, 0.3) is 5.95 Å². The predicted octanol–water partition coefficient (Wildman–Crippen LogP) is -0.975. The number of anilines is 1. The summed E-state index contributed by atoms with van der Waals surface area (Å²) in [5, 5.41) is 21.5. The Bertz CT molecular complexity index is 145. The minimum Gasteiger partial charge on any atom is -0.286 e. The van der Waals surface area contributed by atoms with E-state index >= 15 is 0 Å². The van der Waals surface area contributed by atoms with Crippen LogP contribution in [0.2, 0.25) is 0 Å². The summed E-state index contributed by atoms with van der Waals surface area (Å²) >= 11 is 0. The summed E-state index contributed by atoms with van der Waals surface area (Å²) in [5.41, 5.74) is 0. The van der Waals surface area contributed by atoms with E-state index in [1.807, 2.05) is 0 Å². The van der Waals surface area contributed by atoms with Gasteiger partial charge in [0.05, 0.1) is 0 Å². The van der Waals surface area contributed by atoms with Gasteiger partial charge in [-0.15, -0.1) is 0 Å². The van der Waals surface area contributed by atoms with Gasteiger partial charge >= 0.3 is 0 Å². The Balaban J connectivity index is 2.77. The van der Waals surface area contributed by atoms with Crippen LogP contribution in [0, 0.1) is 0 Å². The second-order valence-corrected chi connectivity index (χ2v) is 1.25. The first kappa shape index (κ1) is 4.98. The maximum atomic E-state index is 8.57. The van der Waals surface area contributed by atoms with Crippen LogP contribution in [0.15, 0.2) is 0 Å². The molecule has 6 heteroatoms. The topological polar surface area (TPSA) is 77.9 Å². The number of tetrazole rings is 1. The van der Waals surface area contributed by atoms with Gasteiger partial charge in [-0.1, -0.05) is 5.10 Å². The highest BCUT2D eigenvalue weighted by atomic mass is 16.5. The highest BCUT2D eigenvalue weighted by Crippen LogP contribution is 1.92. The Morgan fingerprint density at radius 1 is 1.75 bits per heavy atom. The summed E-state index contributed by atoms with van der Waals surface area (Å²) in [6.07, 6.45) is 0. The summed E-state index contributed by atoms with van der Waals surface area (Å²) in [6.45, 7) is 0. The van der Waals surface area contributed by atoms with E-state index in [0.29, 0.717) is 0 Å². The lowest BCUT2D eigenvalue weighted by molar-refractivity contribution is 0.272. The molecule has 0 spiro atoms. The maximum absolute atomic E-state index is 8.57. The largest absolute Gasteiger partial charge is 0.286 e. The van der Waals surface area contributed by atoms with Crippen molar-refractivity contribution in [2.45, 2.75) is 0 Å². The lowest BCUT2D eigenvalue weighted by Gasteiger charge is -2.00. The zero-order valence-electron chi connectivity index (χ0n) is 4.24. The van der Waals surface area contributed by atoms with Crippen molar-refractivity contribution in [3.8, 4) is 0 Å². The van der Waals surface area contributed by atoms with Crippen LogP contribution in [-0.2, 0) is 0 Å². The molecule has 1 aromatic heterocycles. The predicted molar refractivity (Wildman–Crippen MR) is 24.4 cm³/mol. The van der Waals surface area contributed by atoms with Gasteiger partial charge in [0.15, 0.2) is 0 Å². The number of hydroxylamine groups is 1. The van der Waals surface area contributed by atoms with Crippen LogP contribution in [0.1, 0.15) is 0 Å². The molecule has 0 bridgehead atoms. The Morgan fingerprint density at radius 2 is 2.50 bits per heavy atom. The van der Waals surface area contributed by atoms with Crippen LogP contribution in [0.5, 0.6) is 0 Å². The van der Waals surface area contributed by atoms with Gasteiger partial charge in [-0.05, 0) is 10.4 Å². The first-order chi connectivity index (χ1) is 3.80. The minimum absolute atomic E-state index is 0.227. The molecule has 0 aliphatic heterocycles. The van der Waals surface area contributed by atoms with Gasteiger partial charge in [-0.2, -0.15) is 0 Å². The Kier molecular flexibility index (Phi) is 1.09. The number of hydrogen-bond acceptors (Lipinski definition) is 5. The molecule has 0 saturated heterocycles. The Labute approximate surface area is 45.1 Å². The molecule has 8 heavy (non-hydrogen) atoms. The first-order valence-corrected chi connectivity index (χ1v) is 1.97. The normalized spacial score (nSPS) is 9.25. The van der Waals surface area contributed by atoms with Crippen molar-refractivity contribution in [1.29, 1.82) is 0 Å². The highest BCUT2D eigenvalue weighted by molar-refractivity contribution is 5.16. The van der Waals surface area contributed by atoms with Gasteiger partial charge in [-0.3, -0.25) is 5.21 Å². The van der Waals surface area contributed by atoms with E-state index in [9.17, 15) is 0 Å². The average molecular weight is 115 g/mol. The van der Waals surface area contributed by atoms with Crippen molar-refractivity contribution < 1.29 is 5.21 Å². The second kappa shape index (κ2) is 1.74. The van der Waals surface area contributed by atoms with Crippen LogP contribution in [0.3, 0.4) is 0 Å². The molecular formula is C2H5N5O. The summed E-state index contributed by atoms with van der Waals surface area (Å²) in [5.74, 6) is 0.227. The van der Waals surface area contributed by atoms with Crippen molar-refractivity contribution in [2.24, 2.45) is 0 Å². The Hall–Kier alpha value is -1.17. The molecular weight excluding hydrogens is 110 g/mol. The molecule has 6 nitrogen and oxygen atoms in total. The number of nitrogens with zero attached hydrogens (tertiary/aromatic N) is 4. The molecule has 2 N–H and O–H groups in total. The molecule has 1 rings (SSSR count). The van der Waals surface area contributed by atoms with E-state index < -0.39 is 0 Å².